The first-order valence-corrected chi connectivity index (χ1v) is 5.89. The first kappa shape index (κ1) is 7.53. The average Bonchev–Trinajstić information content (AvgIpc) is 2.61. The van der Waals surface area contributed by atoms with E-state index in [9.17, 15) is 0 Å². The van der Waals surface area contributed by atoms with Gasteiger partial charge in [-0.25, -0.2) is 4.98 Å². The van der Waals surface area contributed by atoms with Crippen LogP contribution in [0.3, 0.4) is 0 Å². The Morgan fingerprint density at radius 2 is 2.46 bits per heavy atom. The smallest absolute Gasteiger partial charge is 0.135 e. The lowest BCUT2D eigenvalue weighted by atomic mass is 10.2. The Kier molecular flexibility index (Phi) is 1.63. The zero-order valence-corrected chi connectivity index (χ0v) is 8.54. The van der Waals surface area contributed by atoms with Crippen LogP contribution in [0.5, 0.6) is 0 Å². The van der Waals surface area contributed by atoms with Crippen LogP contribution in [0.25, 0.3) is 15.6 Å². The molecule has 3 rings (SSSR count). The van der Waals surface area contributed by atoms with Gasteiger partial charge in [-0.3, -0.25) is 0 Å². The fourth-order valence-electron chi connectivity index (χ4n) is 1.55. The quantitative estimate of drug-likeness (QED) is 0.719. The van der Waals surface area contributed by atoms with Crippen LogP contribution >= 0.6 is 22.7 Å². The molecule has 0 aromatic carbocycles. The summed E-state index contributed by atoms with van der Waals surface area (Å²) in [6.07, 6.45) is 5.33. The van der Waals surface area contributed by atoms with Crippen molar-refractivity contribution in [2.24, 2.45) is 0 Å². The van der Waals surface area contributed by atoms with E-state index in [1.807, 2.05) is 23.0 Å². The van der Waals surface area contributed by atoms with Crippen molar-refractivity contribution in [2.75, 3.05) is 6.54 Å². The molecule has 0 aliphatic carbocycles. The Morgan fingerprint density at radius 3 is 3.46 bits per heavy atom. The normalized spacial score (nSPS) is 15.4. The maximum absolute atomic E-state index is 4.34. The highest BCUT2D eigenvalue weighted by Gasteiger charge is 2.12. The summed E-state index contributed by atoms with van der Waals surface area (Å²) in [4.78, 5) is 7.00. The van der Waals surface area contributed by atoms with E-state index in [-0.39, 0.29) is 0 Å². The van der Waals surface area contributed by atoms with Crippen molar-refractivity contribution in [3.8, 4) is 0 Å². The van der Waals surface area contributed by atoms with Crippen molar-refractivity contribution in [1.29, 1.82) is 0 Å². The fraction of sp³-hybridized carbons (Fsp3) is 0.222. The summed E-state index contributed by atoms with van der Waals surface area (Å²) in [5.41, 5.74) is 3.31. The highest BCUT2D eigenvalue weighted by Crippen LogP contribution is 2.34. The third-order valence-electron chi connectivity index (χ3n) is 2.16. The molecular weight excluding hydrogens is 200 g/mol. The SMILES string of the molecule is C1=Cc2c(sc3ncsc23)CCN1. The topological polar surface area (TPSA) is 24.9 Å². The largest absolute Gasteiger partial charge is 0.391 e. The second kappa shape index (κ2) is 2.82. The molecule has 0 bridgehead atoms. The minimum Gasteiger partial charge on any atom is -0.391 e. The summed E-state index contributed by atoms with van der Waals surface area (Å²) in [6, 6.07) is 0. The van der Waals surface area contributed by atoms with E-state index in [1.165, 1.54) is 20.0 Å². The number of hydrogen-bond donors (Lipinski definition) is 1. The number of thiophene rings is 1. The molecule has 1 aliphatic heterocycles. The van der Waals surface area contributed by atoms with Crippen LogP contribution < -0.4 is 5.32 Å². The first-order chi connectivity index (χ1) is 6.45. The lowest BCUT2D eigenvalue weighted by Gasteiger charge is -1.93. The van der Waals surface area contributed by atoms with Crippen LogP contribution in [0.4, 0.5) is 0 Å². The molecule has 4 heteroatoms. The number of nitrogens with zero attached hydrogens (tertiary/aromatic N) is 1. The zero-order chi connectivity index (χ0) is 8.67. The Labute approximate surface area is 83.9 Å². The van der Waals surface area contributed by atoms with E-state index < -0.39 is 0 Å². The molecule has 0 atom stereocenters. The number of nitrogens with one attached hydrogen (secondary N) is 1. The van der Waals surface area contributed by atoms with Crippen LogP contribution in [0.1, 0.15) is 10.4 Å². The third-order valence-corrected chi connectivity index (χ3v) is 4.33. The summed E-state index contributed by atoms with van der Waals surface area (Å²) in [5, 5.41) is 3.25. The predicted octanol–water partition coefficient (Wildman–Crippen LogP) is 2.47. The van der Waals surface area contributed by atoms with Crippen molar-refractivity contribution < 1.29 is 0 Å². The van der Waals surface area contributed by atoms with Crippen molar-refractivity contribution in [2.45, 2.75) is 6.42 Å². The molecule has 0 spiro atoms. The second-order valence-electron chi connectivity index (χ2n) is 2.96. The maximum Gasteiger partial charge on any atom is 0.135 e. The van der Waals surface area contributed by atoms with E-state index >= 15 is 0 Å². The summed E-state index contributed by atoms with van der Waals surface area (Å²) >= 11 is 3.57. The van der Waals surface area contributed by atoms with Crippen LogP contribution in [0.2, 0.25) is 0 Å². The second-order valence-corrected chi connectivity index (χ2v) is 4.90. The van der Waals surface area contributed by atoms with Gasteiger partial charge in [0.2, 0.25) is 0 Å². The number of rotatable bonds is 0. The van der Waals surface area contributed by atoms with Crippen molar-refractivity contribution in [1.82, 2.24) is 10.3 Å². The molecule has 0 unspecified atom stereocenters. The van der Waals surface area contributed by atoms with Crippen LogP contribution in [-0.4, -0.2) is 11.5 Å². The molecule has 0 fully saturated rings. The number of hydrogen-bond acceptors (Lipinski definition) is 4. The Hall–Kier alpha value is -0.870. The minimum absolute atomic E-state index is 1.04. The van der Waals surface area contributed by atoms with Gasteiger partial charge in [0.05, 0.1) is 10.2 Å². The lowest BCUT2D eigenvalue weighted by molar-refractivity contribution is 0.852. The summed E-state index contributed by atoms with van der Waals surface area (Å²) < 4.78 is 1.35. The van der Waals surface area contributed by atoms with Crippen LogP contribution in [0.15, 0.2) is 11.7 Å². The van der Waals surface area contributed by atoms with Crippen LogP contribution in [0, 0.1) is 0 Å². The summed E-state index contributed by atoms with van der Waals surface area (Å²) in [5.74, 6) is 0. The van der Waals surface area contributed by atoms with E-state index in [0.29, 0.717) is 0 Å². The number of fused-ring (bicyclic) bond motifs is 3. The first-order valence-electron chi connectivity index (χ1n) is 4.20. The molecule has 0 radical (unpaired) electrons. The fourth-order valence-corrected chi connectivity index (χ4v) is 3.71. The molecule has 1 N–H and O–H groups in total. The monoisotopic (exact) mass is 208 g/mol. The molecule has 0 amide bonds. The highest BCUT2D eigenvalue weighted by atomic mass is 32.1. The molecule has 3 heterocycles. The predicted molar refractivity (Wildman–Crippen MR) is 58.2 cm³/mol. The molecule has 2 nitrogen and oxygen atoms in total. The lowest BCUT2D eigenvalue weighted by Crippen LogP contribution is -2.06. The molecule has 13 heavy (non-hydrogen) atoms. The van der Waals surface area contributed by atoms with Crippen LogP contribution in [-0.2, 0) is 6.42 Å². The molecule has 0 saturated heterocycles. The van der Waals surface area contributed by atoms with Gasteiger partial charge in [-0.05, 0) is 18.7 Å². The molecule has 2 aromatic rings. The van der Waals surface area contributed by atoms with Gasteiger partial charge in [0.1, 0.15) is 4.83 Å². The molecule has 1 aliphatic rings. The van der Waals surface area contributed by atoms with Gasteiger partial charge in [0, 0.05) is 17.0 Å². The Bertz CT molecular complexity index is 467. The minimum atomic E-state index is 1.04. The summed E-state index contributed by atoms with van der Waals surface area (Å²) in [7, 11) is 0. The number of thiazole rings is 1. The van der Waals surface area contributed by atoms with E-state index in [4.69, 9.17) is 0 Å². The van der Waals surface area contributed by atoms with Gasteiger partial charge >= 0.3 is 0 Å². The van der Waals surface area contributed by atoms with Gasteiger partial charge in [0.25, 0.3) is 0 Å². The van der Waals surface area contributed by atoms with Gasteiger partial charge in [0.15, 0.2) is 0 Å². The molecule has 66 valence electrons. The maximum atomic E-state index is 4.34. The van der Waals surface area contributed by atoms with Crippen molar-refractivity contribution in [3.63, 3.8) is 0 Å². The highest BCUT2D eigenvalue weighted by molar-refractivity contribution is 7.26. The molecule has 0 saturated carbocycles. The van der Waals surface area contributed by atoms with Gasteiger partial charge in [-0.1, -0.05) is 0 Å². The van der Waals surface area contributed by atoms with Gasteiger partial charge < -0.3 is 5.32 Å². The standard InChI is InChI=1S/C9H8N2S2/c1-3-10-4-2-7-6(1)8-9(13-7)11-5-12-8/h1,3,5,10H,2,4H2. The van der Waals surface area contributed by atoms with E-state index in [1.54, 1.807) is 11.3 Å². The van der Waals surface area contributed by atoms with E-state index in [2.05, 4.69) is 16.4 Å². The number of aromatic nitrogens is 1. The Balaban J connectivity index is 2.33. The van der Waals surface area contributed by atoms with E-state index in [0.717, 1.165) is 13.0 Å². The summed E-state index contributed by atoms with van der Waals surface area (Å²) in [6.45, 7) is 1.04. The van der Waals surface area contributed by atoms with Gasteiger partial charge in [-0.15, -0.1) is 22.7 Å². The molecule has 2 aromatic heterocycles. The van der Waals surface area contributed by atoms with Crippen molar-refractivity contribution >= 4 is 38.3 Å². The Morgan fingerprint density at radius 1 is 1.46 bits per heavy atom. The molecular formula is C9H8N2S2. The third kappa shape index (κ3) is 1.09. The zero-order valence-electron chi connectivity index (χ0n) is 6.91. The van der Waals surface area contributed by atoms with Gasteiger partial charge in [-0.2, -0.15) is 0 Å². The van der Waals surface area contributed by atoms with Crippen molar-refractivity contribution in [3.05, 3.63) is 22.2 Å². The average molecular weight is 208 g/mol.